The molecule has 0 unspecified atom stereocenters. The van der Waals surface area contributed by atoms with Gasteiger partial charge in [0.15, 0.2) is 46.8 Å². The SMILES string of the molecule is Br.COc1ccc(CCCN(C)CCCC2(c3ccc(OC)c(OC)c3)S(=O)(=O)CCCS2(=O)=O)cc1OC. The molecule has 0 amide bonds. The lowest BCUT2D eigenvalue weighted by Gasteiger charge is -2.37. The van der Waals surface area contributed by atoms with Crippen molar-refractivity contribution in [2.24, 2.45) is 0 Å². The van der Waals surface area contributed by atoms with Gasteiger partial charge in [-0.15, -0.1) is 17.0 Å². The molecule has 0 saturated carbocycles. The normalized spacial score (nSPS) is 17.2. The van der Waals surface area contributed by atoms with E-state index in [1.807, 2.05) is 25.2 Å². The third kappa shape index (κ3) is 7.01. The van der Waals surface area contributed by atoms with Crippen molar-refractivity contribution < 1.29 is 35.8 Å². The second-order valence-corrected chi connectivity index (χ2v) is 14.4. The Morgan fingerprint density at radius 1 is 0.744 bits per heavy atom. The predicted octanol–water partition coefficient (Wildman–Crippen LogP) is 4.03. The summed E-state index contributed by atoms with van der Waals surface area (Å²) in [6, 6.07) is 10.4. The van der Waals surface area contributed by atoms with E-state index >= 15 is 0 Å². The fourth-order valence-electron chi connectivity index (χ4n) is 5.13. The van der Waals surface area contributed by atoms with E-state index in [9.17, 15) is 16.8 Å². The lowest BCUT2D eigenvalue weighted by atomic mass is 10.1. The maximum Gasteiger partial charge on any atom is 0.198 e. The first kappa shape index (κ1) is 33.2. The Bertz CT molecular complexity index is 1280. The van der Waals surface area contributed by atoms with E-state index < -0.39 is 23.8 Å². The molecule has 1 aliphatic heterocycles. The van der Waals surface area contributed by atoms with Gasteiger partial charge in [-0.05, 0) is 87.6 Å². The number of hydrogen-bond donors (Lipinski definition) is 0. The summed E-state index contributed by atoms with van der Waals surface area (Å²) in [4.78, 5) is 2.10. The van der Waals surface area contributed by atoms with Gasteiger partial charge >= 0.3 is 0 Å². The van der Waals surface area contributed by atoms with Gasteiger partial charge in [-0.2, -0.15) is 0 Å². The van der Waals surface area contributed by atoms with Crippen LogP contribution >= 0.6 is 17.0 Å². The van der Waals surface area contributed by atoms with Crippen molar-refractivity contribution in [1.82, 2.24) is 4.90 Å². The molecule has 2 aromatic carbocycles. The van der Waals surface area contributed by atoms with Crippen molar-refractivity contribution in [2.45, 2.75) is 36.2 Å². The van der Waals surface area contributed by atoms with Gasteiger partial charge in [0.25, 0.3) is 0 Å². The van der Waals surface area contributed by atoms with E-state index in [-0.39, 0.29) is 46.9 Å². The maximum atomic E-state index is 13.5. The van der Waals surface area contributed by atoms with Gasteiger partial charge < -0.3 is 23.8 Å². The molecular formula is C27H40BrNO8S2. The Kier molecular flexibility index (Phi) is 12.0. The van der Waals surface area contributed by atoms with Crippen LogP contribution in [0.5, 0.6) is 23.0 Å². The lowest BCUT2D eigenvalue weighted by molar-refractivity contribution is 0.317. The molecule has 0 N–H and O–H groups in total. The second-order valence-electron chi connectivity index (χ2n) is 9.51. The zero-order valence-corrected chi connectivity index (χ0v) is 26.6. The Balaban J connectivity index is 0.00000533. The molecule has 39 heavy (non-hydrogen) atoms. The van der Waals surface area contributed by atoms with Gasteiger partial charge in [0.05, 0.1) is 39.9 Å². The van der Waals surface area contributed by atoms with Crippen molar-refractivity contribution in [3.05, 3.63) is 47.5 Å². The van der Waals surface area contributed by atoms with E-state index in [1.54, 1.807) is 20.3 Å². The number of benzene rings is 2. The minimum Gasteiger partial charge on any atom is -0.493 e. The third-order valence-electron chi connectivity index (χ3n) is 7.15. The highest BCUT2D eigenvalue weighted by atomic mass is 79.9. The van der Waals surface area contributed by atoms with Crippen molar-refractivity contribution in [2.75, 3.05) is 60.1 Å². The molecule has 2 aromatic rings. The minimum absolute atomic E-state index is 0. The molecule has 3 rings (SSSR count). The van der Waals surface area contributed by atoms with Gasteiger partial charge in [-0.1, -0.05) is 12.1 Å². The molecule has 0 atom stereocenters. The van der Waals surface area contributed by atoms with Gasteiger partial charge in [0.1, 0.15) is 0 Å². The molecule has 0 radical (unpaired) electrons. The van der Waals surface area contributed by atoms with Crippen LogP contribution in [0.15, 0.2) is 36.4 Å². The molecule has 1 fully saturated rings. The standard InChI is InChI=1S/C27H39NO8S2.BrH/c1-28(15-6-9-21-10-12-23(33-2)25(19-21)35-4)16-7-14-27(37(29,30)17-8-18-38(27,31)32)22-11-13-24(34-3)26(20-22)36-5;/h10-13,19-20H,6-9,14-18H2,1-5H3;1H. The van der Waals surface area contributed by atoms with Crippen molar-refractivity contribution in [1.29, 1.82) is 0 Å². The highest BCUT2D eigenvalue weighted by Gasteiger charge is 2.57. The van der Waals surface area contributed by atoms with E-state index in [0.29, 0.717) is 36.0 Å². The number of sulfone groups is 2. The summed E-state index contributed by atoms with van der Waals surface area (Å²) in [6.07, 6.45) is 2.20. The van der Waals surface area contributed by atoms with Crippen LogP contribution in [0.2, 0.25) is 0 Å². The Morgan fingerprint density at radius 3 is 1.82 bits per heavy atom. The minimum atomic E-state index is -3.98. The molecule has 12 heteroatoms. The molecule has 220 valence electrons. The number of hydrogen-bond acceptors (Lipinski definition) is 9. The first-order chi connectivity index (χ1) is 18.0. The lowest BCUT2D eigenvalue weighted by Crippen LogP contribution is -2.50. The summed E-state index contributed by atoms with van der Waals surface area (Å²) in [5.74, 6) is 1.75. The molecular weight excluding hydrogens is 610 g/mol. The molecule has 1 saturated heterocycles. The number of halogens is 1. The van der Waals surface area contributed by atoms with E-state index in [1.165, 1.54) is 26.4 Å². The molecule has 1 heterocycles. The predicted molar refractivity (Wildman–Crippen MR) is 158 cm³/mol. The van der Waals surface area contributed by atoms with Crippen LogP contribution in [0.25, 0.3) is 0 Å². The highest BCUT2D eigenvalue weighted by Crippen LogP contribution is 2.47. The molecule has 0 aromatic heterocycles. The van der Waals surface area contributed by atoms with Crippen LogP contribution in [0.1, 0.15) is 36.8 Å². The summed E-state index contributed by atoms with van der Waals surface area (Å²) in [5.41, 5.74) is 1.34. The van der Waals surface area contributed by atoms with E-state index in [2.05, 4.69) is 4.90 Å². The fourth-order valence-corrected chi connectivity index (χ4v) is 11.0. The molecule has 1 aliphatic rings. The van der Waals surface area contributed by atoms with Gasteiger partial charge in [0.2, 0.25) is 0 Å². The Labute approximate surface area is 243 Å². The summed E-state index contributed by atoms with van der Waals surface area (Å²) >= 11 is 0. The zero-order valence-electron chi connectivity index (χ0n) is 23.3. The van der Waals surface area contributed by atoms with Crippen LogP contribution in [0.3, 0.4) is 0 Å². The number of ether oxygens (including phenoxy) is 4. The topological polar surface area (TPSA) is 108 Å². The first-order valence-corrected chi connectivity index (χ1v) is 15.9. The molecule has 0 aliphatic carbocycles. The van der Waals surface area contributed by atoms with Crippen LogP contribution in [0, 0.1) is 0 Å². The number of aryl methyl sites for hydroxylation is 1. The zero-order chi connectivity index (χ0) is 28.0. The highest BCUT2D eigenvalue weighted by molar-refractivity contribution is 8.93. The first-order valence-electron chi connectivity index (χ1n) is 12.6. The second kappa shape index (κ2) is 14.0. The van der Waals surface area contributed by atoms with Crippen LogP contribution in [-0.2, 0) is 30.2 Å². The summed E-state index contributed by atoms with van der Waals surface area (Å²) in [5, 5.41) is 0. The number of nitrogens with zero attached hydrogens (tertiary/aromatic N) is 1. The van der Waals surface area contributed by atoms with Gasteiger partial charge in [-0.3, -0.25) is 0 Å². The van der Waals surface area contributed by atoms with Gasteiger partial charge in [0, 0.05) is 0 Å². The van der Waals surface area contributed by atoms with E-state index in [4.69, 9.17) is 18.9 Å². The Morgan fingerprint density at radius 2 is 1.26 bits per heavy atom. The number of rotatable bonds is 13. The molecule has 9 nitrogen and oxygen atoms in total. The quantitative estimate of drug-likeness (QED) is 0.318. The van der Waals surface area contributed by atoms with Crippen LogP contribution < -0.4 is 18.9 Å². The summed E-state index contributed by atoms with van der Waals surface area (Å²) in [6.45, 7) is 1.34. The van der Waals surface area contributed by atoms with Crippen molar-refractivity contribution in [3.63, 3.8) is 0 Å². The van der Waals surface area contributed by atoms with E-state index in [0.717, 1.165) is 24.9 Å². The fraction of sp³-hybridized carbons (Fsp3) is 0.556. The third-order valence-corrected chi connectivity index (χ3v) is 13.2. The average Bonchev–Trinajstić information content (AvgIpc) is 2.89. The summed E-state index contributed by atoms with van der Waals surface area (Å²) < 4.78 is 73.3. The van der Waals surface area contributed by atoms with Crippen LogP contribution in [-0.4, -0.2) is 81.8 Å². The smallest absolute Gasteiger partial charge is 0.198 e. The Hall–Kier alpha value is -2.02. The van der Waals surface area contributed by atoms with Crippen LogP contribution in [0.4, 0.5) is 0 Å². The number of methoxy groups -OCH3 is 4. The summed E-state index contributed by atoms with van der Waals surface area (Å²) in [7, 11) is 0.127. The molecule has 0 bridgehead atoms. The maximum absolute atomic E-state index is 13.5. The van der Waals surface area contributed by atoms with Crippen molar-refractivity contribution in [3.8, 4) is 23.0 Å². The monoisotopic (exact) mass is 649 g/mol. The largest absolute Gasteiger partial charge is 0.493 e. The average molecular weight is 651 g/mol. The van der Waals surface area contributed by atoms with Gasteiger partial charge in [-0.25, -0.2) is 16.8 Å². The molecule has 0 spiro atoms. The van der Waals surface area contributed by atoms with Crippen molar-refractivity contribution >= 4 is 36.7 Å².